The van der Waals surface area contributed by atoms with Crippen LogP contribution < -0.4 is 5.32 Å². The van der Waals surface area contributed by atoms with E-state index in [2.05, 4.69) is 29.4 Å². The number of esters is 1. The summed E-state index contributed by atoms with van der Waals surface area (Å²) in [5.41, 5.74) is 1.28. The Hall–Kier alpha value is -1.87. The lowest BCUT2D eigenvalue weighted by Gasteiger charge is -2.09. The van der Waals surface area contributed by atoms with Crippen LogP contribution in [0.25, 0.3) is 0 Å². The van der Waals surface area contributed by atoms with Crippen molar-refractivity contribution >= 4 is 40.0 Å². The number of aryl methyl sites for hydroxylation is 1. The fourth-order valence-corrected chi connectivity index (χ4v) is 4.46. The molecular formula is C18H26N4O3S2. The number of hydrogen-bond acceptors (Lipinski definition) is 7. The molecule has 0 spiro atoms. The lowest BCUT2D eigenvalue weighted by atomic mass is 10.1. The molecule has 0 aliphatic carbocycles. The number of nitrogens with zero attached hydrogens (tertiary/aromatic N) is 3. The number of anilines is 1. The highest BCUT2D eigenvalue weighted by atomic mass is 32.2. The summed E-state index contributed by atoms with van der Waals surface area (Å²) in [5.74, 6) is 0.770. The average Bonchev–Trinajstić information content (AvgIpc) is 3.14. The lowest BCUT2D eigenvalue weighted by Crippen LogP contribution is -2.17. The van der Waals surface area contributed by atoms with Crippen LogP contribution >= 0.6 is 23.1 Å². The van der Waals surface area contributed by atoms with Gasteiger partial charge in [0.2, 0.25) is 5.91 Å². The van der Waals surface area contributed by atoms with Crippen LogP contribution in [-0.4, -0.2) is 39.0 Å². The maximum absolute atomic E-state index is 12.4. The van der Waals surface area contributed by atoms with E-state index in [9.17, 15) is 9.59 Å². The zero-order chi connectivity index (χ0) is 20.1. The largest absolute Gasteiger partial charge is 0.462 e. The van der Waals surface area contributed by atoms with Gasteiger partial charge in [-0.1, -0.05) is 25.6 Å². The number of ether oxygens (including phenoxy) is 1. The number of carbonyl (C=O) groups excluding carboxylic acids is 2. The van der Waals surface area contributed by atoms with Crippen molar-refractivity contribution in [3.05, 3.63) is 21.8 Å². The van der Waals surface area contributed by atoms with Crippen molar-refractivity contribution in [1.82, 2.24) is 14.8 Å². The van der Waals surface area contributed by atoms with Gasteiger partial charge in [-0.2, -0.15) is 0 Å². The monoisotopic (exact) mass is 410 g/mol. The highest BCUT2D eigenvalue weighted by molar-refractivity contribution is 7.99. The van der Waals surface area contributed by atoms with Gasteiger partial charge in [0.25, 0.3) is 0 Å². The van der Waals surface area contributed by atoms with E-state index in [1.54, 1.807) is 6.92 Å². The fourth-order valence-electron chi connectivity index (χ4n) is 2.59. The van der Waals surface area contributed by atoms with Crippen molar-refractivity contribution in [2.45, 2.75) is 59.2 Å². The number of nitrogens with one attached hydrogen (secondary N) is 1. The molecule has 0 saturated carbocycles. The number of rotatable bonds is 8. The van der Waals surface area contributed by atoms with Gasteiger partial charge < -0.3 is 14.6 Å². The third kappa shape index (κ3) is 4.90. The number of thiophene rings is 1. The Balaban J connectivity index is 2.09. The number of carbonyl (C=O) groups is 2. The Kier molecular flexibility index (Phi) is 7.43. The van der Waals surface area contributed by atoms with Crippen molar-refractivity contribution in [2.24, 2.45) is 0 Å². The molecule has 0 saturated heterocycles. The Bertz CT molecular complexity index is 827. The first-order valence-electron chi connectivity index (χ1n) is 8.92. The lowest BCUT2D eigenvalue weighted by molar-refractivity contribution is -0.113. The molecule has 7 nitrogen and oxygen atoms in total. The summed E-state index contributed by atoms with van der Waals surface area (Å²) in [5, 5.41) is 12.5. The summed E-state index contributed by atoms with van der Waals surface area (Å²) in [6.45, 7) is 12.7. The molecule has 27 heavy (non-hydrogen) atoms. The summed E-state index contributed by atoms with van der Waals surface area (Å²) in [4.78, 5) is 25.6. The van der Waals surface area contributed by atoms with Gasteiger partial charge in [-0.15, -0.1) is 21.5 Å². The number of hydrogen-bond donors (Lipinski definition) is 1. The molecular weight excluding hydrogens is 384 g/mol. The maximum atomic E-state index is 12.4. The smallest absolute Gasteiger partial charge is 0.341 e. The van der Waals surface area contributed by atoms with Crippen LogP contribution in [0.2, 0.25) is 0 Å². The molecule has 0 aliphatic rings. The van der Waals surface area contributed by atoms with Crippen LogP contribution in [-0.2, 0) is 16.1 Å². The first-order chi connectivity index (χ1) is 12.8. The van der Waals surface area contributed by atoms with Crippen LogP contribution in [0.3, 0.4) is 0 Å². The third-order valence-corrected chi connectivity index (χ3v) is 6.12. The van der Waals surface area contributed by atoms with Gasteiger partial charge in [0.1, 0.15) is 10.8 Å². The molecule has 2 heterocycles. The first-order valence-corrected chi connectivity index (χ1v) is 10.7. The third-order valence-electron chi connectivity index (χ3n) is 4.03. The van der Waals surface area contributed by atoms with Gasteiger partial charge in [-0.05, 0) is 33.3 Å². The summed E-state index contributed by atoms with van der Waals surface area (Å²) in [6, 6.07) is 0. The fraction of sp³-hybridized carbons (Fsp3) is 0.556. The number of amides is 1. The molecule has 2 aromatic heterocycles. The predicted octanol–water partition coefficient (Wildman–Crippen LogP) is 4.01. The predicted molar refractivity (Wildman–Crippen MR) is 109 cm³/mol. The van der Waals surface area contributed by atoms with Crippen LogP contribution in [0.1, 0.15) is 60.2 Å². The zero-order valence-electron chi connectivity index (χ0n) is 16.6. The summed E-state index contributed by atoms with van der Waals surface area (Å²) in [6.07, 6.45) is 0. The molecule has 1 amide bonds. The molecule has 0 fully saturated rings. The quantitative estimate of drug-likeness (QED) is 0.523. The van der Waals surface area contributed by atoms with E-state index in [4.69, 9.17) is 4.74 Å². The topological polar surface area (TPSA) is 86.1 Å². The van der Waals surface area contributed by atoms with Crippen molar-refractivity contribution in [2.75, 3.05) is 17.7 Å². The molecule has 0 aromatic carbocycles. The number of thioether (sulfide) groups is 1. The second-order valence-corrected chi connectivity index (χ2v) is 8.45. The van der Waals surface area contributed by atoms with Crippen LogP contribution in [0.4, 0.5) is 5.00 Å². The van der Waals surface area contributed by atoms with E-state index in [0.29, 0.717) is 17.2 Å². The molecule has 0 unspecified atom stereocenters. The van der Waals surface area contributed by atoms with Crippen molar-refractivity contribution in [3.8, 4) is 0 Å². The summed E-state index contributed by atoms with van der Waals surface area (Å²) >= 11 is 2.72. The minimum absolute atomic E-state index is 0.189. The van der Waals surface area contributed by atoms with E-state index in [1.165, 1.54) is 23.1 Å². The van der Waals surface area contributed by atoms with E-state index in [-0.39, 0.29) is 17.6 Å². The van der Waals surface area contributed by atoms with Crippen LogP contribution in [0.5, 0.6) is 0 Å². The Morgan fingerprint density at radius 3 is 2.56 bits per heavy atom. The van der Waals surface area contributed by atoms with E-state index in [1.807, 2.05) is 25.3 Å². The van der Waals surface area contributed by atoms with Gasteiger partial charge in [-0.3, -0.25) is 4.79 Å². The Morgan fingerprint density at radius 2 is 1.96 bits per heavy atom. The molecule has 1 N–H and O–H groups in total. The standard InChI is InChI=1S/C18H26N4O3S2/c1-7-22-15(10(3)4)20-21-18(22)26-9-13(23)19-16-14(17(24)25-8-2)11(5)12(6)27-16/h10H,7-9H2,1-6H3,(H,19,23). The van der Waals surface area contributed by atoms with Crippen LogP contribution in [0, 0.1) is 13.8 Å². The molecule has 2 rings (SSSR count). The van der Waals surface area contributed by atoms with Crippen molar-refractivity contribution < 1.29 is 14.3 Å². The molecule has 2 aromatic rings. The zero-order valence-corrected chi connectivity index (χ0v) is 18.2. The molecule has 0 radical (unpaired) electrons. The SMILES string of the molecule is CCOC(=O)c1c(NC(=O)CSc2nnc(C(C)C)n2CC)sc(C)c1C. The second kappa shape index (κ2) is 9.36. The maximum Gasteiger partial charge on any atom is 0.341 e. The van der Waals surface area contributed by atoms with Gasteiger partial charge >= 0.3 is 5.97 Å². The van der Waals surface area contributed by atoms with Gasteiger partial charge in [0.15, 0.2) is 5.16 Å². The highest BCUT2D eigenvalue weighted by Crippen LogP contribution is 2.33. The van der Waals surface area contributed by atoms with Crippen LogP contribution in [0.15, 0.2) is 5.16 Å². The van der Waals surface area contributed by atoms with E-state index >= 15 is 0 Å². The van der Waals surface area contributed by atoms with E-state index < -0.39 is 5.97 Å². The normalized spacial score (nSPS) is 11.1. The second-order valence-electron chi connectivity index (χ2n) is 6.28. The molecule has 9 heteroatoms. The van der Waals surface area contributed by atoms with E-state index in [0.717, 1.165) is 28.0 Å². The van der Waals surface area contributed by atoms with Crippen molar-refractivity contribution in [1.29, 1.82) is 0 Å². The Morgan fingerprint density at radius 1 is 1.26 bits per heavy atom. The van der Waals surface area contributed by atoms with Gasteiger partial charge in [0.05, 0.1) is 17.9 Å². The van der Waals surface area contributed by atoms with Gasteiger partial charge in [-0.25, -0.2) is 4.79 Å². The van der Waals surface area contributed by atoms with Crippen molar-refractivity contribution in [3.63, 3.8) is 0 Å². The Labute approximate surface area is 167 Å². The minimum Gasteiger partial charge on any atom is -0.462 e. The minimum atomic E-state index is -0.408. The molecule has 0 atom stereocenters. The number of aromatic nitrogens is 3. The molecule has 0 bridgehead atoms. The first kappa shape index (κ1) is 21.4. The summed E-state index contributed by atoms with van der Waals surface area (Å²) < 4.78 is 7.14. The van der Waals surface area contributed by atoms with Gasteiger partial charge in [0, 0.05) is 17.3 Å². The molecule has 148 valence electrons. The highest BCUT2D eigenvalue weighted by Gasteiger charge is 2.22. The molecule has 0 aliphatic heterocycles. The average molecular weight is 411 g/mol. The summed E-state index contributed by atoms with van der Waals surface area (Å²) in [7, 11) is 0.